The number of nitrogens with zero attached hydrogens (tertiary/aromatic N) is 2. The van der Waals surface area contributed by atoms with Crippen LogP contribution in [0.25, 0.3) is 0 Å². The smallest absolute Gasteiger partial charge is 0.207 e. The zero-order valence-corrected chi connectivity index (χ0v) is 12.1. The van der Waals surface area contributed by atoms with Crippen LogP contribution >= 0.6 is 0 Å². The van der Waals surface area contributed by atoms with Gasteiger partial charge in [-0.1, -0.05) is 13.0 Å². The summed E-state index contributed by atoms with van der Waals surface area (Å²) in [5.41, 5.74) is 1.08. The topological polar surface area (TPSA) is 61.2 Å². The van der Waals surface area contributed by atoms with Crippen molar-refractivity contribution in [1.29, 1.82) is 5.26 Å². The molecule has 1 atom stereocenters. The number of aryl methyl sites for hydroxylation is 1. The SMILES string of the molecule is Cc1ccc(C#N)cc1S(=O)(=O)N1CCCC(C)C1. The van der Waals surface area contributed by atoms with Crippen LogP contribution in [-0.2, 0) is 10.0 Å². The van der Waals surface area contributed by atoms with Crippen LogP contribution < -0.4 is 0 Å². The number of benzene rings is 1. The van der Waals surface area contributed by atoms with Crippen LogP contribution in [0.15, 0.2) is 23.1 Å². The van der Waals surface area contributed by atoms with Crippen LogP contribution in [0.4, 0.5) is 0 Å². The second-order valence-corrected chi connectivity index (χ2v) is 7.11. The van der Waals surface area contributed by atoms with Crippen molar-refractivity contribution in [3.8, 4) is 6.07 Å². The highest BCUT2D eigenvalue weighted by Gasteiger charge is 2.29. The Morgan fingerprint density at radius 1 is 1.42 bits per heavy atom. The standard InChI is InChI=1S/C14H18N2O2S/c1-11-4-3-7-16(10-11)19(17,18)14-8-13(9-15)6-5-12(14)2/h5-6,8,11H,3-4,7,10H2,1-2H3. The molecule has 4 nitrogen and oxygen atoms in total. The molecular weight excluding hydrogens is 260 g/mol. The third kappa shape index (κ3) is 2.80. The molecule has 0 radical (unpaired) electrons. The molecule has 1 saturated heterocycles. The van der Waals surface area contributed by atoms with E-state index in [0.29, 0.717) is 30.1 Å². The second-order valence-electron chi connectivity index (χ2n) is 5.20. The zero-order valence-electron chi connectivity index (χ0n) is 11.3. The zero-order chi connectivity index (χ0) is 14.0. The molecule has 102 valence electrons. The van der Waals surface area contributed by atoms with Gasteiger partial charge in [-0.2, -0.15) is 9.57 Å². The van der Waals surface area contributed by atoms with Crippen molar-refractivity contribution in [2.45, 2.75) is 31.6 Å². The normalized spacial score (nSPS) is 21.0. The maximum absolute atomic E-state index is 12.6. The Morgan fingerprint density at radius 2 is 2.16 bits per heavy atom. The Morgan fingerprint density at radius 3 is 2.79 bits per heavy atom. The first-order chi connectivity index (χ1) is 8.95. The first-order valence-electron chi connectivity index (χ1n) is 6.46. The molecule has 0 aromatic heterocycles. The van der Waals surface area contributed by atoms with E-state index in [1.54, 1.807) is 23.4 Å². The summed E-state index contributed by atoms with van der Waals surface area (Å²) in [5, 5.41) is 8.91. The molecule has 1 aromatic rings. The summed E-state index contributed by atoms with van der Waals surface area (Å²) in [6.45, 7) is 4.98. The molecule has 2 rings (SSSR count). The third-order valence-electron chi connectivity index (χ3n) is 3.55. The number of hydrogen-bond acceptors (Lipinski definition) is 3. The van der Waals surface area contributed by atoms with E-state index in [1.165, 1.54) is 6.07 Å². The first kappa shape index (κ1) is 14.0. The van der Waals surface area contributed by atoms with Gasteiger partial charge in [0.25, 0.3) is 0 Å². The molecule has 19 heavy (non-hydrogen) atoms. The van der Waals surface area contributed by atoms with Crippen molar-refractivity contribution in [1.82, 2.24) is 4.31 Å². The van der Waals surface area contributed by atoms with E-state index in [9.17, 15) is 8.42 Å². The molecule has 1 fully saturated rings. The van der Waals surface area contributed by atoms with Gasteiger partial charge in [0.2, 0.25) is 10.0 Å². The Hall–Kier alpha value is -1.38. The lowest BCUT2D eigenvalue weighted by atomic mass is 10.0. The molecule has 1 aromatic carbocycles. The fourth-order valence-electron chi connectivity index (χ4n) is 2.45. The van der Waals surface area contributed by atoms with Crippen LogP contribution in [0.1, 0.15) is 30.9 Å². The van der Waals surface area contributed by atoms with Crippen LogP contribution in [0.3, 0.4) is 0 Å². The third-order valence-corrected chi connectivity index (χ3v) is 5.56. The number of rotatable bonds is 2. The van der Waals surface area contributed by atoms with Crippen molar-refractivity contribution in [3.05, 3.63) is 29.3 Å². The molecule has 0 saturated carbocycles. The average Bonchev–Trinajstić information content (AvgIpc) is 2.39. The van der Waals surface area contributed by atoms with Crippen molar-refractivity contribution in [2.75, 3.05) is 13.1 Å². The Labute approximate surface area is 114 Å². The van der Waals surface area contributed by atoms with Gasteiger partial charge in [0.15, 0.2) is 0 Å². The van der Waals surface area contributed by atoms with E-state index >= 15 is 0 Å². The van der Waals surface area contributed by atoms with Crippen molar-refractivity contribution < 1.29 is 8.42 Å². The molecule has 0 aliphatic carbocycles. The predicted molar refractivity (Wildman–Crippen MR) is 73.1 cm³/mol. The summed E-state index contributed by atoms with van der Waals surface area (Å²) < 4.78 is 26.8. The van der Waals surface area contributed by atoms with E-state index < -0.39 is 10.0 Å². The van der Waals surface area contributed by atoms with E-state index in [4.69, 9.17) is 5.26 Å². The van der Waals surface area contributed by atoms with E-state index in [-0.39, 0.29) is 4.90 Å². The summed E-state index contributed by atoms with van der Waals surface area (Å²) in [6, 6.07) is 6.81. The van der Waals surface area contributed by atoms with Gasteiger partial charge in [-0.05, 0) is 43.4 Å². The largest absolute Gasteiger partial charge is 0.243 e. The monoisotopic (exact) mass is 278 g/mol. The Kier molecular flexibility index (Phi) is 3.93. The van der Waals surface area contributed by atoms with Crippen LogP contribution in [-0.4, -0.2) is 25.8 Å². The molecule has 1 unspecified atom stereocenters. The molecule has 1 aliphatic heterocycles. The molecule has 0 spiro atoms. The number of sulfonamides is 1. The highest BCUT2D eigenvalue weighted by Crippen LogP contribution is 2.26. The van der Waals surface area contributed by atoms with Crippen molar-refractivity contribution in [3.63, 3.8) is 0 Å². The van der Waals surface area contributed by atoms with Crippen LogP contribution in [0.5, 0.6) is 0 Å². The van der Waals surface area contributed by atoms with Gasteiger partial charge in [0, 0.05) is 13.1 Å². The Bertz CT molecular complexity index is 617. The summed E-state index contributed by atoms with van der Waals surface area (Å²) in [5.74, 6) is 0.392. The summed E-state index contributed by atoms with van der Waals surface area (Å²) >= 11 is 0. The van der Waals surface area contributed by atoms with Crippen molar-refractivity contribution >= 4 is 10.0 Å². The maximum Gasteiger partial charge on any atom is 0.243 e. The van der Waals surface area contributed by atoms with E-state index in [2.05, 4.69) is 6.92 Å². The van der Waals surface area contributed by atoms with Gasteiger partial charge in [0.05, 0.1) is 16.5 Å². The minimum Gasteiger partial charge on any atom is -0.207 e. The first-order valence-corrected chi connectivity index (χ1v) is 7.90. The molecule has 0 amide bonds. The lowest BCUT2D eigenvalue weighted by Crippen LogP contribution is -2.39. The molecule has 0 N–H and O–H groups in total. The molecule has 0 bridgehead atoms. The quantitative estimate of drug-likeness (QED) is 0.834. The number of nitriles is 1. The fourth-order valence-corrected chi connectivity index (χ4v) is 4.30. The molecular formula is C14H18N2O2S. The average molecular weight is 278 g/mol. The number of piperidine rings is 1. The Balaban J connectivity index is 2.42. The fraction of sp³-hybridized carbons (Fsp3) is 0.500. The van der Waals surface area contributed by atoms with Crippen LogP contribution in [0, 0.1) is 24.2 Å². The lowest BCUT2D eigenvalue weighted by molar-refractivity contribution is 0.281. The number of hydrogen-bond donors (Lipinski definition) is 0. The summed E-state index contributed by atoms with van der Waals surface area (Å²) in [4.78, 5) is 0.264. The highest BCUT2D eigenvalue weighted by molar-refractivity contribution is 7.89. The van der Waals surface area contributed by atoms with Gasteiger partial charge >= 0.3 is 0 Å². The minimum atomic E-state index is -3.48. The summed E-state index contributed by atoms with van der Waals surface area (Å²) in [7, 11) is -3.48. The minimum absolute atomic E-state index is 0.264. The van der Waals surface area contributed by atoms with E-state index in [0.717, 1.165) is 12.8 Å². The van der Waals surface area contributed by atoms with Crippen LogP contribution in [0.2, 0.25) is 0 Å². The van der Waals surface area contributed by atoms with Gasteiger partial charge in [0.1, 0.15) is 0 Å². The lowest BCUT2D eigenvalue weighted by Gasteiger charge is -2.30. The molecule has 1 aliphatic rings. The van der Waals surface area contributed by atoms with E-state index in [1.807, 2.05) is 6.07 Å². The maximum atomic E-state index is 12.6. The molecule has 5 heteroatoms. The second kappa shape index (κ2) is 5.32. The summed E-state index contributed by atoms with van der Waals surface area (Å²) in [6.07, 6.45) is 1.97. The van der Waals surface area contributed by atoms with Gasteiger partial charge in [-0.3, -0.25) is 0 Å². The van der Waals surface area contributed by atoms with Gasteiger partial charge in [-0.15, -0.1) is 0 Å². The van der Waals surface area contributed by atoms with Gasteiger partial charge in [-0.25, -0.2) is 8.42 Å². The van der Waals surface area contributed by atoms with Crippen molar-refractivity contribution in [2.24, 2.45) is 5.92 Å². The van der Waals surface area contributed by atoms with Gasteiger partial charge < -0.3 is 0 Å². The predicted octanol–water partition coefficient (Wildman–Crippen LogP) is 2.29. The highest BCUT2D eigenvalue weighted by atomic mass is 32.2. The molecule has 1 heterocycles.